The van der Waals surface area contributed by atoms with Gasteiger partial charge in [-0.05, 0) is 12.8 Å². The zero-order valence-electron chi connectivity index (χ0n) is 9.22. The van der Waals surface area contributed by atoms with Gasteiger partial charge in [-0.2, -0.15) is 0 Å². The average Bonchev–Trinajstić information content (AvgIpc) is 2.18. The van der Waals surface area contributed by atoms with Gasteiger partial charge in [0.15, 0.2) is 5.78 Å². The summed E-state index contributed by atoms with van der Waals surface area (Å²) < 4.78 is 5.51. The van der Waals surface area contributed by atoms with E-state index in [0.717, 1.165) is 12.8 Å². The Bertz CT molecular complexity index is 148. The fourth-order valence-corrected chi connectivity index (χ4v) is 1.76. The monoisotopic (exact) mass is 264 g/mol. The molecule has 0 aromatic carbocycles. The fraction of sp³-hybridized carbons (Fsp3) is 0.909. The Labute approximate surface area is 95.5 Å². The molecule has 0 N–H and O–H groups in total. The van der Waals surface area contributed by atoms with Gasteiger partial charge in [0, 0.05) is 18.4 Å². The van der Waals surface area contributed by atoms with Crippen molar-refractivity contribution in [2.75, 3.05) is 11.9 Å². The lowest BCUT2D eigenvalue weighted by Crippen LogP contribution is -2.26. The number of hydrogen-bond acceptors (Lipinski definition) is 2. The smallest absolute Gasteiger partial charge is 0.162 e. The van der Waals surface area contributed by atoms with E-state index in [9.17, 15) is 4.79 Å². The summed E-state index contributed by atoms with van der Waals surface area (Å²) in [6.07, 6.45) is 4.72. The number of halogens is 1. The van der Waals surface area contributed by atoms with Gasteiger partial charge in [0.2, 0.25) is 0 Å². The Morgan fingerprint density at radius 1 is 1.29 bits per heavy atom. The van der Waals surface area contributed by atoms with Gasteiger partial charge in [-0.25, -0.2) is 0 Å². The second-order valence-electron chi connectivity index (χ2n) is 3.44. The van der Waals surface area contributed by atoms with Crippen LogP contribution in [0.5, 0.6) is 0 Å². The molecule has 2 nitrogen and oxygen atoms in total. The first-order valence-corrected chi connectivity index (χ1v) is 6.58. The number of rotatable bonds is 9. The van der Waals surface area contributed by atoms with Crippen molar-refractivity contribution in [1.82, 2.24) is 0 Å². The van der Waals surface area contributed by atoms with Crippen molar-refractivity contribution >= 4 is 21.7 Å². The quantitative estimate of drug-likeness (QED) is 0.472. The number of unbranched alkanes of at least 4 members (excludes halogenated alkanes) is 2. The highest BCUT2D eigenvalue weighted by Crippen LogP contribution is 2.06. The van der Waals surface area contributed by atoms with E-state index in [-0.39, 0.29) is 11.9 Å². The van der Waals surface area contributed by atoms with Crippen LogP contribution in [-0.4, -0.2) is 23.8 Å². The van der Waals surface area contributed by atoms with Crippen LogP contribution in [0.1, 0.15) is 46.0 Å². The summed E-state index contributed by atoms with van der Waals surface area (Å²) in [4.78, 5) is 11.5. The van der Waals surface area contributed by atoms with Crippen LogP contribution in [-0.2, 0) is 9.53 Å². The molecule has 0 radical (unpaired) electrons. The van der Waals surface area contributed by atoms with Crippen LogP contribution >= 0.6 is 15.9 Å². The topological polar surface area (TPSA) is 26.3 Å². The van der Waals surface area contributed by atoms with Gasteiger partial charge in [0.1, 0.15) is 6.10 Å². The molecule has 0 aliphatic rings. The molecule has 0 bridgehead atoms. The summed E-state index contributed by atoms with van der Waals surface area (Å²) in [7, 11) is 0. The molecule has 0 aromatic heterocycles. The predicted molar refractivity (Wildman–Crippen MR) is 63.0 cm³/mol. The molecule has 1 atom stereocenters. The molecule has 0 amide bonds. The van der Waals surface area contributed by atoms with Gasteiger partial charge in [-0.15, -0.1) is 0 Å². The van der Waals surface area contributed by atoms with Crippen molar-refractivity contribution < 1.29 is 9.53 Å². The molecular weight excluding hydrogens is 244 g/mol. The number of Topliss-reactive ketones (excluding diaryl/α,β-unsaturated/α-hetero) is 1. The number of carbonyl (C=O) groups is 1. The summed E-state index contributed by atoms with van der Waals surface area (Å²) >= 11 is 3.31. The Kier molecular flexibility index (Phi) is 9.73. The minimum absolute atomic E-state index is 0.223. The number of carbonyl (C=O) groups excluding carboxylic acids is 1. The molecule has 0 aliphatic carbocycles. The lowest BCUT2D eigenvalue weighted by atomic mass is 10.1. The van der Waals surface area contributed by atoms with E-state index in [2.05, 4.69) is 22.9 Å². The Morgan fingerprint density at radius 2 is 2.00 bits per heavy atom. The maximum Gasteiger partial charge on any atom is 0.162 e. The zero-order chi connectivity index (χ0) is 10.8. The maximum atomic E-state index is 11.5. The van der Waals surface area contributed by atoms with Crippen LogP contribution in [0.3, 0.4) is 0 Å². The molecule has 0 heterocycles. The van der Waals surface area contributed by atoms with Gasteiger partial charge in [-0.3, -0.25) is 4.79 Å². The van der Waals surface area contributed by atoms with E-state index in [1.807, 2.05) is 6.92 Å². The third-order valence-corrected chi connectivity index (χ3v) is 2.65. The number of ether oxygens (including phenoxy) is 1. The Balaban J connectivity index is 3.62. The fourth-order valence-electron chi connectivity index (χ4n) is 1.21. The van der Waals surface area contributed by atoms with Crippen LogP contribution in [0, 0.1) is 0 Å². The third-order valence-electron chi connectivity index (χ3n) is 2.06. The van der Waals surface area contributed by atoms with Gasteiger partial charge in [0.05, 0.1) is 0 Å². The summed E-state index contributed by atoms with van der Waals surface area (Å²) in [5.41, 5.74) is 0. The van der Waals surface area contributed by atoms with Crippen LogP contribution in [0.4, 0.5) is 0 Å². The molecule has 0 rings (SSSR count). The van der Waals surface area contributed by atoms with E-state index in [4.69, 9.17) is 4.74 Å². The summed E-state index contributed by atoms with van der Waals surface area (Å²) in [6, 6.07) is 0. The van der Waals surface area contributed by atoms with Crippen LogP contribution in [0.2, 0.25) is 0 Å². The van der Waals surface area contributed by atoms with Gasteiger partial charge < -0.3 is 4.74 Å². The Hall–Kier alpha value is 0.110. The minimum atomic E-state index is -0.230. The van der Waals surface area contributed by atoms with E-state index in [0.29, 0.717) is 18.4 Å². The SMILES string of the molecule is CCCCCOC(CBr)C(=O)CCC. The lowest BCUT2D eigenvalue weighted by molar-refractivity contribution is -0.129. The molecule has 0 spiro atoms. The molecule has 1 unspecified atom stereocenters. The van der Waals surface area contributed by atoms with Crippen molar-refractivity contribution in [3.05, 3.63) is 0 Å². The molecular formula is C11H21BrO2. The summed E-state index contributed by atoms with van der Waals surface area (Å²) in [6.45, 7) is 4.88. The summed E-state index contributed by atoms with van der Waals surface area (Å²) in [5, 5.41) is 0.623. The van der Waals surface area contributed by atoms with Crippen LogP contribution in [0.25, 0.3) is 0 Å². The van der Waals surface area contributed by atoms with Crippen molar-refractivity contribution in [2.24, 2.45) is 0 Å². The van der Waals surface area contributed by atoms with Gasteiger partial charge in [0.25, 0.3) is 0 Å². The van der Waals surface area contributed by atoms with Gasteiger partial charge >= 0.3 is 0 Å². The molecule has 0 saturated carbocycles. The third kappa shape index (κ3) is 6.55. The number of ketones is 1. The minimum Gasteiger partial charge on any atom is -0.370 e. The molecule has 0 fully saturated rings. The Morgan fingerprint density at radius 3 is 2.50 bits per heavy atom. The molecule has 3 heteroatoms. The van der Waals surface area contributed by atoms with Crippen LogP contribution < -0.4 is 0 Å². The first kappa shape index (κ1) is 14.1. The maximum absolute atomic E-state index is 11.5. The average molecular weight is 265 g/mol. The second kappa shape index (κ2) is 9.66. The molecule has 0 aliphatic heterocycles. The number of hydrogen-bond donors (Lipinski definition) is 0. The van der Waals surface area contributed by atoms with Crippen LogP contribution in [0.15, 0.2) is 0 Å². The van der Waals surface area contributed by atoms with E-state index >= 15 is 0 Å². The second-order valence-corrected chi connectivity index (χ2v) is 4.08. The zero-order valence-corrected chi connectivity index (χ0v) is 10.8. The molecule has 0 aromatic rings. The number of alkyl halides is 1. The highest BCUT2D eigenvalue weighted by atomic mass is 79.9. The standard InChI is InChI=1S/C11H21BrO2/c1-3-5-6-8-14-11(9-12)10(13)7-4-2/h11H,3-9H2,1-2H3. The highest BCUT2D eigenvalue weighted by molar-refractivity contribution is 9.09. The van der Waals surface area contributed by atoms with E-state index in [1.54, 1.807) is 0 Å². The van der Waals surface area contributed by atoms with Crippen molar-refractivity contribution in [1.29, 1.82) is 0 Å². The largest absolute Gasteiger partial charge is 0.370 e. The normalized spacial score (nSPS) is 12.8. The van der Waals surface area contributed by atoms with E-state index in [1.165, 1.54) is 12.8 Å². The molecule has 0 saturated heterocycles. The van der Waals surface area contributed by atoms with E-state index < -0.39 is 0 Å². The van der Waals surface area contributed by atoms with Gasteiger partial charge in [-0.1, -0.05) is 42.6 Å². The lowest BCUT2D eigenvalue weighted by Gasteiger charge is -2.13. The first-order chi connectivity index (χ1) is 6.76. The van der Waals surface area contributed by atoms with Crippen molar-refractivity contribution in [3.63, 3.8) is 0 Å². The van der Waals surface area contributed by atoms with Crippen molar-refractivity contribution in [3.8, 4) is 0 Å². The predicted octanol–water partition coefficient (Wildman–Crippen LogP) is 3.33. The van der Waals surface area contributed by atoms with Crippen molar-refractivity contribution in [2.45, 2.75) is 52.1 Å². The summed E-state index contributed by atoms with van der Waals surface area (Å²) in [5.74, 6) is 0.223. The molecule has 14 heavy (non-hydrogen) atoms. The first-order valence-electron chi connectivity index (χ1n) is 5.46. The molecule has 84 valence electrons. The highest BCUT2D eigenvalue weighted by Gasteiger charge is 2.15.